The maximum absolute atomic E-state index is 14.0. The minimum Gasteiger partial charge on any atom is -0.361 e. The second-order valence-corrected chi connectivity index (χ2v) is 6.55. The van der Waals surface area contributed by atoms with E-state index in [-0.39, 0.29) is 17.6 Å². The summed E-state index contributed by atoms with van der Waals surface area (Å²) in [7, 11) is 0. The molecular formula is C20H21FN4O. The zero-order valence-corrected chi connectivity index (χ0v) is 14.8. The van der Waals surface area contributed by atoms with Crippen LogP contribution in [0.5, 0.6) is 0 Å². The second kappa shape index (κ2) is 7.07. The molecule has 0 bridgehead atoms. The largest absolute Gasteiger partial charge is 0.361 e. The molecule has 3 rings (SSSR count). The topological polar surface area (TPSA) is 77.9 Å². The zero-order chi connectivity index (χ0) is 18.7. The first-order valence-electron chi connectivity index (χ1n) is 8.44. The van der Waals surface area contributed by atoms with Gasteiger partial charge < -0.3 is 10.6 Å². The van der Waals surface area contributed by atoms with Gasteiger partial charge >= 0.3 is 0 Å². The van der Waals surface area contributed by atoms with Crippen molar-refractivity contribution in [2.75, 3.05) is 5.32 Å². The van der Waals surface area contributed by atoms with Crippen LogP contribution in [-0.2, 0) is 10.2 Å². The first-order valence-corrected chi connectivity index (χ1v) is 8.44. The smallest absolute Gasteiger partial charge is 0.236 e. The minimum absolute atomic E-state index is 0.0476. The Morgan fingerprint density at radius 2 is 2.04 bits per heavy atom. The number of carbonyl (C=O) groups is 1. The average Bonchev–Trinajstić information content (AvgIpc) is 3.40. The number of carbonyl (C=O) groups excluding carboxylic acids is 1. The highest BCUT2D eigenvalue weighted by molar-refractivity contribution is 6.07. The molecule has 0 aliphatic heterocycles. The molecule has 0 saturated heterocycles. The number of halogens is 1. The van der Waals surface area contributed by atoms with Crippen LogP contribution >= 0.6 is 0 Å². The number of benzene rings is 1. The average molecular weight is 352 g/mol. The number of aryl methyl sites for hydroxylation is 2. The Hall–Kier alpha value is -3.02. The lowest BCUT2D eigenvalue weighted by Gasteiger charge is -2.16. The molecule has 1 amide bonds. The Labute approximate surface area is 151 Å². The monoisotopic (exact) mass is 352 g/mol. The summed E-state index contributed by atoms with van der Waals surface area (Å²) in [6.07, 6.45) is 6.00. The van der Waals surface area contributed by atoms with Crippen molar-refractivity contribution in [3.63, 3.8) is 0 Å². The van der Waals surface area contributed by atoms with Gasteiger partial charge in [0, 0.05) is 29.3 Å². The van der Waals surface area contributed by atoms with E-state index in [1.54, 1.807) is 30.6 Å². The predicted molar refractivity (Wildman–Crippen MR) is 99.7 cm³/mol. The van der Waals surface area contributed by atoms with Gasteiger partial charge in [0.05, 0.1) is 5.41 Å². The maximum atomic E-state index is 14.0. The molecule has 1 aromatic carbocycles. The molecule has 134 valence electrons. The summed E-state index contributed by atoms with van der Waals surface area (Å²) >= 11 is 0. The second-order valence-electron chi connectivity index (χ2n) is 6.55. The Morgan fingerprint density at radius 3 is 2.73 bits per heavy atom. The fourth-order valence-electron chi connectivity index (χ4n) is 2.88. The molecule has 6 heteroatoms. The van der Waals surface area contributed by atoms with Crippen LogP contribution in [0.25, 0.3) is 0 Å². The van der Waals surface area contributed by atoms with E-state index in [4.69, 9.17) is 5.41 Å². The van der Waals surface area contributed by atoms with E-state index in [1.807, 2.05) is 19.9 Å². The summed E-state index contributed by atoms with van der Waals surface area (Å²) in [5.74, 6) is -0.769. The molecule has 1 aliphatic rings. The minimum atomic E-state index is -0.849. The molecule has 0 unspecified atom stereocenters. The summed E-state index contributed by atoms with van der Waals surface area (Å²) < 4.78 is 14.0. The predicted octanol–water partition coefficient (Wildman–Crippen LogP) is 3.59. The van der Waals surface area contributed by atoms with Crippen molar-refractivity contribution in [3.05, 3.63) is 71.4 Å². The van der Waals surface area contributed by atoms with E-state index in [2.05, 4.69) is 15.6 Å². The van der Waals surface area contributed by atoms with Gasteiger partial charge in [0.25, 0.3) is 0 Å². The number of hydrogen-bond donors (Lipinski definition) is 3. The number of hydrogen-bond acceptors (Lipinski definition) is 4. The lowest BCUT2D eigenvalue weighted by Crippen LogP contribution is -2.38. The quantitative estimate of drug-likeness (QED) is 0.568. The number of aromatic nitrogens is 1. The molecule has 0 atom stereocenters. The van der Waals surface area contributed by atoms with Gasteiger partial charge in [-0.15, -0.1) is 0 Å². The molecule has 5 nitrogen and oxygen atoms in total. The number of rotatable bonds is 5. The van der Waals surface area contributed by atoms with Gasteiger partial charge in [0.1, 0.15) is 11.7 Å². The van der Waals surface area contributed by atoms with Crippen LogP contribution in [0.15, 0.2) is 48.8 Å². The summed E-state index contributed by atoms with van der Waals surface area (Å²) in [5, 5.41) is 13.6. The Kier molecular flexibility index (Phi) is 4.84. The van der Waals surface area contributed by atoms with Crippen LogP contribution < -0.4 is 10.6 Å². The van der Waals surface area contributed by atoms with Gasteiger partial charge in [-0.05, 0) is 50.5 Å². The van der Waals surface area contributed by atoms with Gasteiger partial charge in [-0.2, -0.15) is 0 Å². The summed E-state index contributed by atoms with van der Waals surface area (Å²) in [6.45, 7) is 3.83. The fraction of sp³-hybridized carbons (Fsp3) is 0.250. The maximum Gasteiger partial charge on any atom is 0.236 e. The highest BCUT2D eigenvalue weighted by Gasteiger charge is 2.52. The molecule has 0 spiro atoms. The van der Waals surface area contributed by atoms with Crippen LogP contribution in [0.1, 0.15) is 29.7 Å². The first kappa shape index (κ1) is 17.8. The van der Waals surface area contributed by atoms with E-state index < -0.39 is 5.41 Å². The van der Waals surface area contributed by atoms with Crippen molar-refractivity contribution in [2.24, 2.45) is 0 Å². The van der Waals surface area contributed by atoms with E-state index in [9.17, 15) is 9.18 Å². The molecule has 26 heavy (non-hydrogen) atoms. The molecule has 0 radical (unpaired) electrons. The summed E-state index contributed by atoms with van der Waals surface area (Å²) in [4.78, 5) is 16.7. The van der Waals surface area contributed by atoms with Crippen molar-refractivity contribution in [3.8, 4) is 0 Å². The van der Waals surface area contributed by atoms with E-state index in [1.165, 1.54) is 12.1 Å². The highest BCUT2D eigenvalue weighted by Crippen LogP contribution is 2.49. The van der Waals surface area contributed by atoms with E-state index in [0.717, 1.165) is 16.9 Å². The number of pyridine rings is 1. The lowest BCUT2D eigenvalue weighted by atomic mass is 9.94. The molecule has 1 aromatic heterocycles. The molecule has 1 heterocycles. The number of anilines is 1. The SMILES string of the molecule is Cc1cc(N/C=C\C(=N)NC(=O)C2(c3ccccc3F)CC2)c(C)cn1. The van der Waals surface area contributed by atoms with E-state index >= 15 is 0 Å². The van der Waals surface area contributed by atoms with Gasteiger partial charge in [-0.1, -0.05) is 18.2 Å². The summed E-state index contributed by atoms with van der Waals surface area (Å²) in [5.41, 5.74) is 2.30. The normalized spacial score (nSPS) is 14.9. The Bertz CT molecular complexity index is 887. The third kappa shape index (κ3) is 3.64. The molecular weight excluding hydrogens is 331 g/mol. The number of nitrogens with zero attached hydrogens (tertiary/aromatic N) is 1. The number of amidine groups is 1. The van der Waals surface area contributed by atoms with E-state index in [0.29, 0.717) is 18.4 Å². The first-order chi connectivity index (χ1) is 12.4. The molecule has 2 aromatic rings. The Morgan fingerprint density at radius 1 is 1.31 bits per heavy atom. The molecule has 1 aliphatic carbocycles. The van der Waals surface area contributed by atoms with Crippen molar-refractivity contribution >= 4 is 17.4 Å². The van der Waals surface area contributed by atoms with Crippen molar-refractivity contribution in [1.82, 2.24) is 10.3 Å². The van der Waals surface area contributed by atoms with Crippen LogP contribution in [-0.4, -0.2) is 16.7 Å². The standard InChI is InChI=1S/C20H21FN4O/c1-13-12-24-14(2)11-17(13)23-10-7-18(22)25-19(26)20(8-9-20)15-5-3-4-6-16(15)21/h3-7,10-12H,8-9H2,1-2H3,(H,23,24)(H2,22,25,26)/b10-7-. The number of nitrogens with one attached hydrogen (secondary N) is 3. The summed E-state index contributed by atoms with van der Waals surface area (Å²) in [6, 6.07) is 8.22. The number of amides is 1. The zero-order valence-electron chi connectivity index (χ0n) is 14.8. The van der Waals surface area contributed by atoms with Gasteiger partial charge in [-0.25, -0.2) is 4.39 Å². The van der Waals surface area contributed by atoms with Crippen LogP contribution in [0, 0.1) is 25.1 Å². The van der Waals surface area contributed by atoms with Crippen molar-refractivity contribution in [1.29, 1.82) is 5.41 Å². The molecule has 1 fully saturated rings. The molecule has 1 saturated carbocycles. The van der Waals surface area contributed by atoms with Crippen LogP contribution in [0.4, 0.5) is 10.1 Å². The van der Waals surface area contributed by atoms with Gasteiger partial charge in [-0.3, -0.25) is 15.2 Å². The Balaban J connectivity index is 1.62. The van der Waals surface area contributed by atoms with Gasteiger partial charge in [0.2, 0.25) is 5.91 Å². The third-order valence-electron chi connectivity index (χ3n) is 4.55. The van der Waals surface area contributed by atoms with Crippen LogP contribution in [0.3, 0.4) is 0 Å². The van der Waals surface area contributed by atoms with Crippen molar-refractivity contribution < 1.29 is 9.18 Å². The van der Waals surface area contributed by atoms with Crippen LogP contribution in [0.2, 0.25) is 0 Å². The fourth-order valence-corrected chi connectivity index (χ4v) is 2.88. The van der Waals surface area contributed by atoms with Crippen molar-refractivity contribution in [2.45, 2.75) is 32.1 Å². The lowest BCUT2D eigenvalue weighted by molar-refractivity contribution is -0.122. The highest BCUT2D eigenvalue weighted by atomic mass is 19.1. The molecule has 3 N–H and O–H groups in total. The third-order valence-corrected chi connectivity index (χ3v) is 4.55. The van der Waals surface area contributed by atoms with Gasteiger partial charge in [0.15, 0.2) is 0 Å².